The fourth-order valence-corrected chi connectivity index (χ4v) is 4.16. The number of thioether (sulfide) groups is 1. The summed E-state index contributed by atoms with van der Waals surface area (Å²) in [5.41, 5.74) is 0.666. The van der Waals surface area contributed by atoms with Gasteiger partial charge < -0.3 is 5.11 Å². The van der Waals surface area contributed by atoms with Crippen LogP contribution in [-0.2, 0) is 6.54 Å². The average molecular weight is 316 g/mol. The van der Waals surface area contributed by atoms with Crippen molar-refractivity contribution in [3.05, 3.63) is 47.3 Å². The second kappa shape index (κ2) is 6.67. The van der Waals surface area contributed by atoms with Crippen LogP contribution in [0.3, 0.4) is 0 Å². The highest BCUT2D eigenvalue weighted by Crippen LogP contribution is 2.33. The van der Waals surface area contributed by atoms with E-state index in [0.29, 0.717) is 22.6 Å². The van der Waals surface area contributed by atoms with Gasteiger partial charge in [-0.2, -0.15) is 0 Å². The highest BCUT2D eigenvalue weighted by Gasteiger charge is 2.26. The lowest BCUT2D eigenvalue weighted by Crippen LogP contribution is -2.29. The van der Waals surface area contributed by atoms with Crippen molar-refractivity contribution in [3.63, 3.8) is 0 Å². The van der Waals surface area contributed by atoms with Crippen LogP contribution >= 0.6 is 11.8 Å². The maximum Gasteiger partial charge on any atom is 0.262 e. The fourth-order valence-electron chi connectivity index (χ4n) is 2.88. The van der Waals surface area contributed by atoms with Gasteiger partial charge in [0, 0.05) is 11.8 Å². The normalized spacial score (nSPS) is 21.9. The van der Waals surface area contributed by atoms with Crippen molar-refractivity contribution in [1.29, 1.82) is 0 Å². The number of benzene rings is 1. The molecule has 4 nitrogen and oxygen atoms in total. The predicted octanol–water partition coefficient (Wildman–Crippen LogP) is 2.98. The smallest absolute Gasteiger partial charge is 0.262 e. The Hall–Kier alpha value is -1.59. The van der Waals surface area contributed by atoms with E-state index in [0.717, 1.165) is 25.7 Å². The molecule has 1 aliphatic rings. The summed E-state index contributed by atoms with van der Waals surface area (Å²) < 4.78 is 1.65. The van der Waals surface area contributed by atoms with Crippen LogP contribution in [-0.4, -0.2) is 26.0 Å². The second-order valence-corrected chi connectivity index (χ2v) is 6.83. The highest BCUT2D eigenvalue weighted by molar-refractivity contribution is 7.99. The summed E-state index contributed by atoms with van der Waals surface area (Å²) in [6.07, 6.45) is 5.37. The van der Waals surface area contributed by atoms with Gasteiger partial charge in [-0.05, 0) is 25.0 Å². The number of fused-ring (bicyclic) bond motifs is 1. The summed E-state index contributed by atoms with van der Waals surface area (Å²) in [6, 6.07) is 7.39. The maximum atomic E-state index is 12.7. The molecule has 0 aliphatic heterocycles. The van der Waals surface area contributed by atoms with Gasteiger partial charge in [-0.25, -0.2) is 4.98 Å². The molecule has 1 heterocycles. The molecule has 1 aromatic carbocycles. The first-order valence-electron chi connectivity index (χ1n) is 7.66. The van der Waals surface area contributed by atoms with Crippen LogP contribution in [0.5, 0.6) is 0 Å². The Bertz CT molecular complexity index is 741. The lowest BCUT2D eigenvalue weighted by molar-refractivity contribution is 0.136. The molecular weight excluding hydrogens is 296 g/mol. The average Bonchev–Trinajstić information content (AvgIpc) is 2.53. The van der Waals surface area contributed by atoms with Crippen molar-refractivity contribution >= 4 is 22.7 Å². The van der Waals surface area contributed by atoms with Crippen LogP contribution in [0.2, 0.25) is 0 Å². The molecule has 1 aromatic heterocycles. The summed E-state index contributed by atoms with van der Waals surface area (Å²) in [4.78, 5) is 17.3. The van der Waals surface area contributed by atoms with E-state index in [1.807, 2.05) is 18.2 Å². The number of aliphatic hydroxyl groups excluding tert-OH is 1. The molecule has 2 unspecified atom stereocenters. The predicted molar refractivity (Wildman–Crippen MR) is 90.3 cm³/mol. The van der Waals surface area contributed by atoms with E-state index >= 15 is 0 Å². The second-order valence-electron chi connectivity index (χ2n) is 5.62. The molecule has 1 fully saturated rings. The molecule has 0 bridgehead atoms. The maximum absolute atomic E-state index is 12.7. The summed E-state index contributed by atoms with van der Waals surface area (Å²) in [6.45, 7) is 4.17. The summed E-state index contributed by atoms with van der Waals surface area (Å²) in [5, 5.41) is 11.6. The molecule has 1 N–H and O–H groups in total. The van der Waals surface area contributed by atoms with Crippen molar-refractivity contribution in [2.45, 2.75) is 48.7 Å². The van der Waals surface area contributed by atoms with Crippen LogP contribution in [0.25, 0.3) is 10.9 Å². The number of aliphatic hydroxyl groups is 1. The Balaban J connectivity index is 2.04. The third kappa shape index (κ3) is 2.96. The van der Waals surface area contributed by atoms with E-state index < -0.39 is 0 Å². The van der Waals surface area contributed by atoms with Gasteiger partial charge >= 0.3 is 0 Å². The monoisotopic (exact) mass is 316 g/mol. The first-order chi connectivity index (χ1) is 10.7. The SMILES string of the molecule is C=CCn1c(SC2CCCCC2O)nc2ccccc2c1=O. The van der Waals surface area contributed by atoms with Crippen LogP contribution < -0.4 is 5.56 Å². The number of nitrogens with zero attached hydrogens (tertiary/aromatic N) is 2. The minimum absolute atomic E-state index is 0.0432. The molecule has 1 aliphatic carbocycles. The number of hydrogen-bond donors (Lipinski definition) is 1. The Kier molecular flexibility index (Phi) is 4.64. The van der Waals surface area contributed by atoms with Crippen LogP contribution in [0.1, 0.15) is 25.7 Å². The topological polar surface area (TPSA) is 55.1 Å². The zero-order valence-corrected chi connectivity index (χ0v) is 13.3. The minimum atomic E-state index is -0.320. The third-order valence-electron chi connectivity index (χ3n) is 4.06. The van der Waals surface area contributed by atoms with E-state index in [1.165, 1.54) is 11.8 Å². The molecule has 0 radical (unpaired) electrons. The highest BCUT2D eigenvalue weighted by atomic mass is 32.2. The van der Waals surface area contributed by atoms with Crippen LogP contribution in [0.4, 0.5) is 0 Å². The Morgan fingerprint density at radius 3 is 2.91 bits per heavy atom. The van der Waals surface area contributed by atoms with Crippen molar-refractivity contribution in [1.82, 2.24) is 9.55 Å². The molecule has 2 aromatic rings. The Morgan fingerprint density at radius 2 is 2.14 bits per heavy atom. The van der Waals surface area contributed by atoms with E-state index in [9.17, 15) is 9.90 Å². The zero-order valence-electron chi connectivity index (χ0n) is 12.4. The molecule has 0 saturated heterocycles. The van der Waals surface area contributed by atoms with Crippen molar-refractivity contribution in [2.75, 3.05) is 0 Å². The number of allylic oxidation sites excluding steroid dienone is 1. The molecule has 3 rings (SSSR count). The van der Waals surface area contributed by atoms with Gasteiger partial charge in [0.25, 0.3) is 5.56 Å². The van der Waals surface area contributed by atoms with Gasteiger partial charge in [-0.1, -0.05) is 42.8 Å². The van der Waals surface area contributed by atoms with E-state index in [1.54, 1.807) is 16.7 Å². The number of rotatable bonds is 4. The van der Waals surface area contributed by atoms with Gasteiger partial charge in [-0.15, -0.1) is 6.58 Å². The van der Waals surface area contributed by atoms with Crippen molar-refractivity contribution in [2.24, 2.45) is 0 Å². The Morgan fingerprint density at radius 1 is 1.36 bits per heavy atom. The third-order valence-corrected chi connectivity index (χ3v) is 5.44. The quantitative estimate of drug-likeness (QED) is 0.696. The molecular formula is C17H20N2O2S. The van der Waals surface area contributed by atoms with Gasteiger partial charge in [0.15, 0.2) is 5.16 Å². The van der Waals surface area contributed by atoms with Crippen molar-refractivity contribution in [3.8, 4) is 0 Å². The molecule has 116 valence electrons. The number of para-hydroxylation sites is 1. The van der Waals surface area contributed by atoms with E-state index in [4.69, 9.17) is 0 Å². The van der Waals surface area contributed by atoms with Gasteiger partial charge in [-0.3, -0.25) is 9.36 Å². The summed E-state index contributed by atoms with van der Waals surface area (Å²) in [5.74, 6) is 0. The lowest BCUT2D eigenvalue weighted by Gasteiger charge is -2.27. The molecule has 1 saturated carbocycles. The zero-order chi connectivity index (χ0) is 15.5. The molecule has 0 amide bonds. The minimum Gasteiger partial charge on any atom is -0.392 e. The van der Waals surface area contributed by atoms with Crippen molar-refractivity contribution < 1.29 is 5.11 Å². The van der Waals surface area contributed by atoms with Crippen LogP contribution in [0, 0.1) is 0 Å². The molecule has 0 spiro atoms. The summed E-state index contributed by atoms with van der Waals surface area (Å²) in [7, 11) is 0. The first-order valence-corrected chi connectivity index (χ1v) is 8.54. The first kappa shape index (κ1) is 15.3. The number of aromatic nitrogens is 2. The fraction of sp³-hybridized carbons (Fsp3) is 0.412. The van der Waals surface area contributed by atoms with Gasteiger partial charge in [0.2, 0.25) is 0 Å². The van der Waals surface area contributed by atoms with E-state index in [-0.39, 0.29) is 16.9 Å². The largest absolute Gasteiger partial charge is 0.392 e. The summed E-state index contributed by atoms with van der Waals surface area (Å²) >= 11 is 1.52. The van der Waals surface area contributed by atoms with E-state index in [2.05, 4.69) is 11.6 Å². The lowest BCUT2D eigenvalue weighted by atomic mass is 9.97. The molecule has 5 heteroatoms. The van der Waals surface area contributed by atoms with Gasteiger partial charge in [0.1, 0.15) is 0 Å². The molecule has 2 atom stereocenters. The molecule has 22 heavy (non-hydrogen) atoms. The van der Waals surface area contributed by atoms with Crippen LogP contribution in [0.15, 0.2) is 46.9 Å². The van der Waals surface area contributed by atoms with Gasteiger partial charge in [0.05, 0.1) is 17.0 Å². The Labute approximate surface area is 133 Å². The standard InChI is InChI=1S/C17H20N2O2S/c1-2-11-19-16(21)12-7-3-4-8-13(12)18-17(19)22-15-10-6-5-9-14(15)20/h2-4,7-8,14-15,20H,1,5-6,9-11H2. The number of hydrogen-bond acceptors (Lipinski definition) is 4.